The molecule has 0 spiro atoms. The van der Waals surface area contributed by atoms with Gasteiger partial charge < -0.3 is 10.1 Å². The van der Waals surface area contributed by atoms with E-state index in [2.05, 4.69) is 15.0 Å². The molecule has 1 aliphatic rings. The minimum absolute atomic E-state index is 0.111. The molecule has 1 amide bonds. The summed E-state index contributed by atoms with van der Waals surface area (Å²) in [5.41, 5.74) is 0.642. The number of pyridine rings is 1. The zero-order chi connectivity index (χ0) is 21.8. The van der Waals surface area contributed by atoms with Gasteiger partial charge in [-0.3, -0.25) is 9.52 Å². The molecule has 3 aromatic rings. The largest absolute Gasteiger partial charge is 0.438 e. The smallest absolute Gasteiger partial charge is 0.271 e. The van der Waals surface area contributed by atoms with Gasteiger partial charge in [0.1, 0.15) is 15.5 Å². The summed E-state index contributed by atoms with van der Waals surface area (Å²) in [4.78, 5) is 16.9. The number of hydrogen-bond acceptors (Lipinski definition) is 6. The highest BCUT2D eigenvalue weighted by atomic mass is 35.5. The summed E-state index contributed by atoms with van der Waals surface area (Å²) in [6, 6.07) is 12.9. The number of ether oxygens (including phenoxy) is 1. The first-order valence-electron chi connectivity index (χ1n) is 9.73. The van der Waals surface area contributed by atoms with Crippen LogP contribution in [0, 0.1) is 0 Å². The minimum Gasteiger partial charge on any atom is -0.438 e. The van der Waals surface area contributed by atoms with Crippen molar-refractivity contribution in [3.63, 3.8) is 0 Å². The molecule has 0 radical (unpaired) electrons. The van der Waals surface area contributed by atoms with E-state index in [0.29, 0.717) is 21.3 Å². The van der Waals surface area contributed by atoms with Crippen molar-refractivity contribution in [2.45, 2.75) is 35.9 Å². The Morgan fingerprint density at radius 3 is 2.68 bits per heavy atom. The van der Waals surface area contributed by atoms with Gasteiger partial charge in [0, 0.05) is 18.3 Å². The van der Waals surface area contributed by atoms with Crippen LogP contribution in [0.5, 0.6) is 11.6 Å². The van der Waals surface area contributed by atoms with Gasteiger partial charge in [0.2, 0.25) is 5.88 Å². The SMILES string of the molecule is O=C(NC1CCCC1)c1cccnc1Oc1cccc(NS(=O)(=O)c2ccc(Cl)s2)c1. The molecule has 2 N–H and O–H groups in total. The third kappa shape index (κ3) is 5.36. The summed E-state index contributed by atoms with van der Waals surface area (Å²) in [5.74, 6) is 0.266. The van der Waals surface area contributed by atoms with Gasteiger partial charge in [-0.2, -0.15) is 0 Å². The molecule has 4 rings (SSSR count). The molecule has 1 saturated carbocycles. The Labute approximate surface area is 189 Å². The Bertz CT molecular complexity index is 1190. The number of amides is 1. The van der Waals surface area contributed by atoms with Gasteiger partial charge in [0.25, 0.3) is 15.9 Å². The Balaban J connectivity index is 1.51. The lowest BCUT2D eigenvalue weighted by molar-refractivity contribution is 0.0935. The highest BCUT2D eigenvalue weighted by Crippen LogP contribution is 2.30. The highest BCUT2D eigenvalue weighted by molar-refractivity contribution is 7.94. The molecule has 1 aliphatic carbocycles. The number of anilines is 1. The standard InChI is InChI=1S/C21H20ClN3O4S2/c22-18-10-11-19(30-18)31(27,28)25-15-7-3-8-16(13-15)29-21-17(9-4-12-23-21)20(26)24-14-5-1-2-6-14/h3-4,7-14,25H,1-2,5-6H2,(H,24,26). The first-order chi connectivity index (χ1) is 14.9. The topological polar surface area (TPSA) is 97.4 Å². The van der Waals surface area contributed by atoms with E-state index in [1.54, 1.807) is 30.3 Å². The quantitative estimate of drug-likeness (QED) is 0.495. The summed E-state index contributed by atoms with van der Waals surface area (Å²) < 4.78 is 33.9. The Hall–Kier alpha value is -2.62. The third-order valence-electron chi connectivity index (χ3n) is 4.82. The summed E-state index contributed by atoms with van der Waals surface area (Å²) in [6.45, 7) is 0. The fraction of sp³-hybridized carbons (Fsp3) is 0.238. The van der Waals surface area contributed by atoms with E-state index < -0.39 is 10.0 Å². The van der Waals surface area contributed by atoms with E-state index in [-0.39, 0.29) is 22.0 Å². The molecule has 0 aliphatic heterocycles. The maximum Gasteiger partial charge on any atom is 0.271 e. The third-order valence-corrected chi connectivity index (χ3v) is 7.92. The number of aromatic nitrogens is 1. The Morgan fingerprint density at radius 2 is 1.94 bits per heavy atom. The van der Waals surface area contributed by atoms with Gasteiger partial charge in [-0.25, -0.2) is 13.4 Å². The second-order valence-corrected chi connectivity index (χ2v) is 10.7. The van der Waals surface area contributed by atoms with Crippen LogP contribution in [0.4, 0.5) is 5.69 Å². The maximum atomic E-state index is 12.7. The minimum atomic E-state index is -3.77. The van der Waals surface area contributed by atoms with E-state index >= 15 is 0 Å². The molecule has 2 heterocycles. The summed E-state index contributed by atoms with van der Waals surface area (Å²) in [7, 11) is -3.77. The zero-order valence-corrected chi connectivity index (χ0v) is 18.8. The van der Waals surface area contributed by atoms with Crippen molar-refractivity contribution >= 4 is 44.6 Å². The van der Waals surface area contributed by atoms with Gasteiger partial charge in [-0.1, -0.05) is 30.5 Å². The number of nitrogens with zero attached hydrogens (tertiary/aromatic N) is 1. The number of benzene rings is 1. The molecule has 0 unspecified atom stereocenters. The van der Waals surface area contributed by atoms with Gasteiger partial charge in [0.05, 0.1) is 10.0 Å². The molecular formula is C21H20ClN3O4S2. The van der Waals surface area contributed by atoms with Crippen LogP contribution in [-0.2, 0) is 10.0 Å². The van der Waals surface area contributed by atoms with Crippen molar-refractivity contribution in [2.24, 2.45) is 0 Å². The van der Waals surface area contributed by atoms with Gasteiger partial charge in [0.15, 0.2) is 0 Å². The molecule has 0 saturated heterocycles. The lowest BCUT2D eigenvalue weighted by atomic mass is 10.2. The number of thiophene rings is 1. The van der Waals surface area contributed by atoms with Crippen LogP contribution in [0.1, 0.15) is 36.0 Å². The summed E-state index contributed by atoms with van der Waals surface area (Å²) in [6.07, 6.45) is 5.71. The number of halogens is 1. The van der Waals surface area contributed by atoms with Crippen LogP contribution in [0.15, 0.2) is 58.9 Å². The first kappa shape index (κ1) is 21.6. The number of hydrogen-bond donors (Lipinski definition) is 2. The average molecular weight is 478 g/mol. The van der Waals surface area contributed by atoms with Gasteiger partial charge >= 0.3 is 0 Å². The molecule has 2 aromatic heterocycles. The van der Waals surface area contributed by atoms with Crippen molar-refractivity contribution in [2.75, 3.05) is 4.72 Å². The molecule has 31 heavy (non-hydrogen) atoms. The van der Waals surface area contributed by atoms with E-state index in [4.69, 9.17) is 16.3 Å². The molecule has 162 valence electrons. The normalized spacial score (nSPS) is 14.4. The van der Waals surface area contributed by atoms with Crippen LogP contribution >= 0.6 is 22.9 Å². The number of nitrogens with one attached hydrogen (secondary N) is 2. The van der Waals surface area contributed by atoms with Crippen LogP contribution < -0.4 is 14.8 Å². The predicted octanol–water partition coefficient (Wildman–Crippen LogP) is 5.06. The highest BCUT2D eigenvalue weighted by Gasteiger charge is 2.21. The van der Waals surface area contributed by atoms with E-state index in [1.165, 1.54) is 24.4 Å². The average Bonchev–Trinajstić information content (AvgIpc) is 3.40. The van der Waals surface area contributed by atoms with Crippen LogP contribution in [0.25, 0.3) is 0 Å². The fourth-order valence-corrected chi connectivity index (χ4v) is 5.89. The van der Waals surface area contributed by atoms with Crippen molar-refractivity contribution in [3.05, 3.63) is 64.6 Å². The van der Waals surface area contributed by atoms with Gasteiger partial charge in [-0.05, 0) is 49.2 Å². The predicted molar refractivity (Wildman–Crippen MR) is 121 cm³/mol. The summed E-state index contributed by atoms with van der Waals surface area (Å²) >= 11 is 6.81. The number of carbonyl (C=O) groups excluding carboxylic acids is 1. The molecule has 10 heteroatoms. The molecule has 1 fully saturated rings. The van der Waals surface area contributed by atoms with Crippen molar-refractivity contribution in [3.8, 4) is 11.6 Å². The van der Waals surface area contributed by atoms with Crippen molar-refractivity contribution < 1.29 is 17.9 Å². The maximum absolute atomic E-state index is 12.7. The van der Waals surface area contributed by atoms with Gasteiger partial charge in [-0.15, -0.1) is 11.3 Å². The zero-order valence-electron chi connectivity index (χ0n) is 16.4. The number of sulfonamides is 1. The Morgan fingerprint density at radius 1 is 1.13 bits per heavy atom. The Kier molecular flexibility index (Phi) is 6.45. The molecule has 7 nitrogen and oxygen atoms in total. The molecule has 1 aromatic carbocycles. The van der Waals surface area contributed by atoms with E-state index in [0.717, 1.165) is 37.0 Å². The lowest BCUT2D eigenvalue weighted by Gasteiger charge is -2.14. The number of carbonyl (C=O) groups is 1. The molecule has 0 bridgehead atoms. The van der Waals surface area contributed by atoms with Crippen LogP contribution in [0.3, 0.4) is 0 Å². The number of rotatable bonds is 7. The van der Waals surface area contributed by atoms with Crippen LogP contribution in [-0.4, -0.2) is 25.4 Å². The van der Waals surface area contributed by atoms with Crippen molar-refractivity contribution in [1.82, 2.24) is 10.3 Å². The van der Waals surface area contributed by atoms with E-state index in [1.807, 2.05) is 0 Å². The second kappa shape index (κ2) is 9.25. The fourth-order valence-electron chi connectivity index (χ4n) is 3.36. The first-order valence-corrected chi connectivity index (χ1v) is 12.4. The van der Waals surface area contributed by atoms with Crippen LogP contribution in [0.2, 0.25) is 4.34 Å². The molecule has 0 atom stereocenters. The molecular weight excluding hydrogens is 458 g/mol. The van der Waals surface area contributed by atoms with Crippen molar-refractivity contribution in [1.29, 1.82) is 0 Å². The summed E-state index contributed by atoms with van der Waals surface area (Å²) in [5, 5.41) is 3.02. The second-order valence-electron chi connectivity index (χ2n) is 7.10. The monoisotopic (exact) mass is 477 g/mol. The lowest BCUT2D eigenvalue weighted by Crippen LogP contribution is -2.32. The van der Waals surface area contributed by atoms with E-state index in [9.17, 15) is 13.2 Å².